The average molecular weight is 260 g/mol. The van der Waals surface area contributed by atoms with E-state index in [-0.39, 0.29) is 13.0 Å². The van der Waals surface area contributed by atoms with E-state index in [1.165, 1.54) is 14.0 Å². The van der Waals surface area contributed by atoms with Gasteiger partial charge in [0, 0.05) is 13.0 Å². The minimum absolute atomic E-state index is 0.0185. The molecule has 3 N–H and O–H groups in total. The SMILES string of the molecule is COC(=O)C(C)NC(=O)N1CC(O)C[C@H]1C(=O)O. The number of nitrogens with zero attached hydrogens (tertiary/aromatic N) is 1. The molecule has 102 valence electrons. The van der Waals surface area contributed by atoms with Gasteiger partial charge < -0.3 is 25.2 Å². The second kappa shape index (κ2) is 5.67. The van der Waals surface area contributed by atoms with E-state index < -0.39 is 36.2 Å². The molecule has 1 aliphatic heterocycles. The van der Waals surface area contributed by atoms with Crippen molar-refractivity contribution in [2.75, 3.05) is 13.7 Å². The fourth-order valence-corrected chi connectivity index (χ4v) is 1.78. The van der Waals surface area contributed by atoms with Crippen LogP contribution in [0.2, 0.25) is 0 Å². The fraction of sp³-hybridized carbons (Fsp3) is 0.700. The number of nitrogens with one attached hydrogen (secondary N) is 1. The van der Waals surface area contributed by atoms with Crippen molar-refractivity contribution in [3.63, 3.8) is 0 Å². The molecule has 0 aliphatic carbocycles. The Morgan fingerprint density at radius 1 is 1.44 bits per heavy atom. The summed E-state index contributed by atoms with van der Waals surface area (Å²) in [6, 6.07) is -2.67. The zero-order valence-electron chi connectivity index (χ0n) is 10.1. The second-order valence-electron chi connectivity index (χ2n) is 4.09. The van der Waals surface area contributed by atoms with Crippen molar-refractivity contribution in [1.82, 2.24) is 10.2 Å². The number of esters is 1. The van der Waals surface area contributed by atoms with Crippen LogP contribution in [-0.4, -0.2) is 64.9 Å². The van der Waals surface area contributed by atoms with Crippen LogP contribution >= 0.6 is 0 Å². The van der Waals surface area contributed by atoms with E-state index >= 15 is 0 Å². The molecule has 0 spiro atoms. The smallest absolute Gasteiger partial charge is 0.328 e. The first-order chi connectivity index (χ1) is 8.36. The van der Waals surface area contributed by atoms with Crippen LogP contribution < -0.4 is 5.32 Å². The van der Waals surface area contributed by atoms with Gasteiger partial charge >= 0.3 is 18.0 Å². The van der Waals surface area contributed by atoms with Gasteiger partial charge in [0.2, 0.25) is 0 Å². The highest BCUT2D eigenvalue weighted by Crippen LogP contribution is 2.18. The third kappa shape index (κ3) is 3.10. The van der Waals surface area contributed by atoms with Gasteiger partial charge in [0.15, 0.2) is 0 Å². The Morgan fingerprint density at radius 3 is 2.56 bits per heavy atom. The maximum absolute atomic E-state index is 11.8. The molecule has 1 aliphatic rings. The Hall–Kier alpha value is -1.83. The van der Waals surface area contributed by atoms with E-state index in [1.54, 1.807) is 0 Å². The van der Waals surface area contributed by atoms with Gasteiger partial charge in [0.25, 0.3) is 0 Å². The number of hydrogen-bond donors (Lipinski definition) is 3. The number of methoxy groups -OCH3 is 1. The lowest BCUT2D eigenvalue weighted by Crippen LogP contribution is -2.50. The molecular weight excluding hydrogens is 244 g/mol. The summed E-state index contributed by atoms with van der Waals surface area (Å²) in [5.41, 5.74) is 0. The van der Waals surface area contributed by atoms with Gasteiger partial charge in [0.1, 0.15) is 12.1 Å². The number of hydrogen-bond acceptors (Lipinski definition) is 5. The molecule has 0 bridgehead atoms. The molecule has 1 fully saturated rings. The first-order valence-corrected chi connectivity index (χ1v) is 5.42. The summed E-state index contributed by atoms with van der Waals surface area (Å²) in [6.45, 7) is 1.35. The summed E-state index contributed by atoms with van der Waals surface area (Å²) in [5, 5.41) is 20.6. The quantitative estimate of drug-likeness (QED) is 0.547. The predicted molar refractivity (Wildman–Crippen MR) is 58.8 cm³/mol. The number of ether oxygens (including phenoxy) is 1. The highest BCUT2D eigenvalue weighted by atomic mass is 16.5. The Morgan fingerprint density at radius 2 is 2.06 bits per heavy atom. The van der Waals surface area contributed by atoms with Crippen LogP contribution in [0, 0.1) is 0 Å². The minimum Gasteiger partial charge on any atom is -0.480 e. The lowest BCUT2D eigenvalue weighted by molar-refractivity contribution is -0.142. The molecule has 1 heterocycles. The number of urea groups is 1. The summed E-state index contributed by atoms with van der Waals surface area (Å²) < 4.78 is 4.43. The molecule has 2 amide bonds. The van der Waals surface area contributed by atoms with Crippen molar-refractivity contribution in [3.8, 4) is 0 Å². The van der Waals surface area contributed by atoms with E-state index in [4.69, 9.17) is 5.11 Å². The highest BCUT2D eigenvalue weighted by Gasteiger charge is 2.39. The van der Waals surface area contributed by atoms with Gasteiger partial charge in [-0.2, -0.15) is 0 Å². The Labute approximate surface area is 104 Å². The summed E-state index contributed by atoms with van der Waals surface area (Å²) in [4.78, 5) is 34.8. The van der Waals surface area contributed by atoms with Crippen molar-refractivity contribution in [1.29, 1.82) is 0 Å². The molecule has 1 rings (SSSR count). The number of carboxylic acid groups (broad SMARTS) is 1. The largest absolute Gasteiger partial charge is 0.480 e. The van der Waals surface area contributed by atoms with Crippen molar-refractivity contribution < 1.29 is 29.3 Å². The standard InChI is InChI=1S/C10H16N2O6/c1-5(9(16)18-2)11-10(17)12-4-6(13)3-7(12)8(14)15/h5-7,13H,3-4H2,1-2H3,(H,11,17)(H,14,15)/t5?,6?,7-/m0/s1. The zero-order chi connectivity index (χ0) is 13.9. The predicted octanol–water partition coefficient (Wildman–Crippen LogP) is -1.22. The summed E-state index contributed by atoms with van der Waals surface area (Å²) >= 11 is 0. The second-order valence-corrected chi connectivity index (χ2v) is 4.09. The van der Waals surface area contributed by atoms with Crippen molar-refractivity contribution in [3.05, 3.63) is 0 Å². The summed E-state index contributed by atoms with van der Waals surface area (Å²) in [5.74, 6) is -1.82. The molecule has 0 aromatic heterocycles. The molecule has 0 saturated carbocycles. The maximum atomic E-state index is 11.8. The van der Waals surface area contributed by atoms with E-state index in [1.807, 2.05) is 0 Å². The molecular formula is C10H16N2O6. The molecule has 8 nitrogen and oxygen atoms in total. The number of amides is 2. The lowest BCUT2D eigenvalue weighted by Gasteiger charge is -2.23. The van der Waals surface area contributed by atoms with Gasteiger partial charge in [-0.3, -0.25) is 0 Å². The van der Waals surface area contributed by atoms with Crippen LogP contribution in [0.5, 0.6) is 0 Å². The number of aliphatic hydroxyl groups excluding tert-OH is 1. The van der Waals surface area contributed by atoms with Crippen LogP contribution in [0.25, 0.3) is 0 Å². The molecule has 0 radical (unpaired) electrons. The number of aliphatic carboxylic acids is 1. The normalized spacial score (nSPS) is 24.5. The zero-order valence-corrected chi connectivity index (χ0v) is 10.1. The lowest BCUT2D eigenvalue weighted by atomic mass is 10.2. The van der Waals surface area contributed by atoms with E-state index in [2.05, 4.69) is 10.1 Å². The third-order valence-corrected chi connectivity index (χ3v) is 2.72. The Kier molecular flexibility index (Phi) is 4.49. The average Bonchev–Trinajstić information content (AvgIpc) is 2.70. The Balaban J connectivity index is 2.65. The third-order valence-electron chi connectivity index (χ3n) is 2.72. The van der Waals surface area contributed by atoms with Crippen LogP contribution in [0.3, 0.4) is 0 Å². The molecule has 8 heteroatoms. The highest BCUT2D eigenvalue weighted by molar-refractivity contribution is 5.87. The Bertz CT molecular complexity index is 358. The van der Waals surface area contributed by atoms with E-state index in [0.29, 0.717) is 0 Å². The van der Waals surface area contributed by atoms with Gasteiger partial charge in [-0.05, 0) is 6.92 Å². The van der Waals surface area contributed by atoms with Crippen LogP contribution in [-0.2, 0) is 14.3 Å². The van der Waals surface area contributed by atoms with E-state index in [9.17, 15) is 19.5 Å². The number of carbonyl (C=O) groups excluding carboxylic acids is 2. The number of carboxylic acids is 1. The monoisotopic (exact) mass is 260 g/mol. The minimum atomic E-state index is -1.19. The summed E-state index contributed by atoms with van der Waals surface area (Å²) in [6.07, 6.45) is -0.889. The molecule has 0 aromatic rings. The number of likely N-dealkylation sites (tertiary alicyclic amines) is 1. The van der Waals surface area contributed by atoms with Crippen molar-refractivity contribution >= 4 is 18.0 Å². The number of rotatable bonds is 3. The first kappa shape index (κ1) is 14.2. The van der Waals surface area contributed by atoms with Crippen LogP contribution in [0.4, 0.5) is 4.79 Å². The van der Waals surface area contributed by atoms with Gasteiger partial charge in [0.05, 0.1) is 13.2 Å². The summed E-state index contributed by atoms with van der Waals surface area (Å²) in [7, 11) is 1.19. The first-order valence-electron chi connectivity index (χ1n) is 5.42. The number of aliphatic hydroxyl groups is 1. The van der Waals surface area contributed by atoms with Crippen LogP contribution in [0.1, 0.15) is 13.3 Å². The van der Waals surface area contributed by atoms with Crippen molar-refractivity contribution in [2.45, 2.75) is 31.5 Å². The molecule has 3 atom stereocenters. The van der Waals surface area contributed by atoms with Gasteiger partial charge in [-0.25, -0.2) is 14.4 Å². The number of carbonyl (C=O) groups is 3. The fourth-order valence-electron chi connectivity index (χ4n) is 1.78. The van der Waals surface area contributed by atoms with Crippen molar-refractivity contribution in [2.24, 2.45) is 0 Å². The van der Waals surface area contributed by atoms with Crippen LogP contribution in [0.15, 0.2) is 0 Å². The maximum Gasteiger partial charge on any atom is 0.328 e. The van der Waals surface area contributed by atoms with Gasteiger partial charge in [-0.15, -0.1) is 0 Å². The molecule has 1 saturated heterocycles. The molecule has 2 unspecified atom stereocenters. The topological polar surface area (TPSA) is 116 Å². The molecule has 18 heavy (non-hydrogen) atoms. The van der Waals surface area contributed by atoms with Gasteiger partial charge in [-0.1, -0.05) is 0 Å². The molecule has 0 aromatic carbocycles. The number of β-amino-alcohol motifs (C(OH)–C–C–N with tert-alkyl or cyclic N) is 1. The van der Waals surface area contributed by atoms with E-state index in [0.717, 1.165) is 4.90 Å².